The summed E-state index contributed by atoms with van der Waals surface area (Å²) < 4.78 is 64.0. The minimum atomic E-state index is -4.69. The molecule has 12 heteroatoms. The van der Waals surface area contributed by atoms with Gasteiger partial charge in [-0.25, -0.2) is 18.0 Å². The molecular formula is C21H16F3N3O5S. The fraction of sp³-hybridized carbons (Fsp3) is 0.190. The van der Waals surface area contributed by atoms with Crippen molar-refractivity contribution in [2.45, 2.75) is 24.0 Å². The average Bonchev–Trinajstić information content (AvgIpc) is 2.71. The summed E-state index contributed by atoms with van der Waals surface area (Å²) in [6.07, 6.45) is -3.82. The number of aliphatic carboxylic acids is 1. The predicted octanol–water partition coefficient (Wildman–Crippen LogP) is 3.61. The number of alkyl halides is 3. The molecule has 2 aromatic rings. The Labute approximate surface area is 186 Å². The van der Waals surface area contributed by atoms with Crippen molar-refractivity contribution in [2.75, 3.05) is 11.2 Å². The number of carbonyl (C=O) groups is 2. The smallest absolute Gasteiger partial charge is 0.416 e. The van der Waals surface area contributed by atoms with Crippen molar-refractivity contribution < 1.29 is 36.3 Å². The van der Waals surface area contributed by atoms with Crippen LogP contribution in [-0.2, 0) is 20.8 Å². The Balaban J connectivity index is 2.23. The molecule has 1 unspecified atom stereocenters. The summed E-state index contributed by atoms with van der Waals surface area (Å²) in [6, 6.07) is 6.74. The maximum Gasteiger partial charge on any atom is 0.416 e. The fourth-order valence-electron chi connectivity index (χ4n) is 3.55. The van der Waals surface area contributed by atoms with Gasteiger partial charge in [-0.3, -0.25) is 4.90 Å². The molecule has 33 heavy (non-hydrogen) atoms. The molecule has 2 N–H and O–H groups in total. The molecule has 0 aliphatic carbocycles. The first-order chi connectivity index (χ1) is 15.3. The van der Waals surface area contributed by atoms with Gasteiger partial charge in [-0.2, -0.15) is 18.4 Å². The van der Waals surface area contributed by atoms with Crippen LogP contribution in [0.1, 0.15) is 29.7 Å². The van der Waals surface area contributed by atoms with Gasteiger partial charge in [0.05, 0.1) is 39.4 Å². The highest BCUT2D eigenvalue weighted by atomic mass is 32.2. The number of benzene rings is 2. The van der Waals surface area contributed by atoms with Gasteiger partial charge in [-0.05, 0) is 42.8 Å². The van der Waals surface area contributed by atoms with Crippen LogP contribution in [0.25, 0.3) is 0 Å². The fourth-order valence-corrected chi connectivity index (χ4v) is 4.50. The largest absolute Gasteiger partial charge is 0.478 e. The molecule has 2 amide bonds. The molecule has 3 rings (SSSR count). The van der Waals surface area contributed by atoms with E-state index in [1.54, 1.807) is 6.07 Å². The normalized spacial score (nSPS) is 16.9. The molecule has 0 bridgehead atoms. The summed E-state index contributed by atoms with van der Waals surface area (Å²) in [4.78, 5) is 25.5. The average molecular weight is 479 g/mol. The molecule has 2 aromatic carbocycles. The van der Waals surface area contributed by atoms with Gasteiger partial charge in [0, 0.05) is 12.0 Å². The number of nitriles is 1. The monoisotopic (exact) mass is 479 g/mol. The number of halogens is 3. The highest BCUT2D eigenvalue weighted by molar-refractivity contribution is 7.90. The van der Waals surface area contributed by atoms with Gasteiger partial charge in [0.25, 0.3) is 0 Å². The summed E-state index contributed by atoms with van der Waals surface area (Å²) in [7, 11) is -3.94. The number of amides is 2. The van der Waals surface area contributed by atoms with Crippen LogP contribution < -0.4 is 10.2 Å². The quantitative estimate of drug-likeness (QED) is 0.690. The van der Waals surface area contributed by atoms with Crippen molar-refractivity contribution in [3.05, 3.63) is 70.4 Å². The van der Waals surface area contributed by atoms with Crippen LogP contribution in [0.4, 0.5) is 23.7 Å². The first kappa shape index (κ1) is 23.8. The SMILES string of the molecule is CC1=C(C(=O)O)C(c2ccc(C#N)cc2S(C)(=O)=O)NC(=O)N1c1cccc(C(F)(F)F)c1. The maximum atomic E-state index is 13.1. The van der Waals surface area contributed by atoms with Crippen LogP contribution in [0.15, 0.2) is 58.6 Å². The number of carboxylic acid groups (broad SMARTS) is 1. The van der Waals surface area contributed by atoms with Gasteiger partial charge in [0.2, 0.25) is 0 Å². The van der Waals surface area contributed by atoms with Crippen molar-refractivity contribution in [1.82, 2.24) is 5.32 Å². The maximum absolute atomic E-state index is 13.1. The molecule has 0 saturated heterocycles. The molecule has 172 valence electrons. The number of urea groups is 1. The van der Waals surface area contributed by atoms with Crippen molar-refractivity contribution in [3.8, 4) is 6.07 Å². The van der Waals surface area contributed by atoms with Gasteiger partial charge in [0.15, 0.2) is 9.84 Å². The lowest BCUT2D eigenvalue weighted by atomic mass is 9.94. The number of rotatable bonds is 4. The van der Waals surface area contributed by atoms with Gasteiger partial charge in [-0.1, -0.05) is 12.1 Å². The zero-order valence-corrected chi connectivity index (χ0v) is 18.0. The molecule has 8 nitrogen and oxygen atoms in total. The molecule has 0 spiro atoms. The lowest BCUT2D eigenvalue weighted by Crippen LogP contribution is -2.48. The third-order valence-corrected chi connectivity index (χ3v) is 6.15. The van der Waals surface area contributed by atoms with E-state index in [4.69, 9.17) is 5.26 Å². The van der Waals surface area contributed by atoms with E-state index in [2.05, 4.69) is 5.32 Å². The van der Waals surface area contributed by atoms with Crippen molar-refractivity contribution in [3.63, 3.8) is 0 Å². The van der Waals surface area contributed by atoms with E-state index in [9.17, 15) is 36.3 Å². The third kappa shape index (κ3) is 4.54. The summed E-state index contributed by atoms with van der Waals surface area (Å²) in [6.45, 7) is 1.24. The Morgan fingerprint density at radius 2 is 1.88 bits per heavy atom. The molecule has 0 radical (unpaired) electrons. The molecule has 1 aliphatic rings. The standard InChI is InChI=1S/C21H16F3N3O5S/c1-11-17(19(28)29)18(15-7-6-12(10-25)8-16(15)33(2,31)32)26-20(30)27(11)14-5-3-4-13(9-14)21(22,23)24/h3-9,18H,1-2H3,(H,26,30)(H,28,29). The van der Waals surface area contributed by atoms with Crippen LogP contribution >= 0.6 is 0 Å². The number of hydrogen-bond acceptors (Lipinski definition) is 5. The van der Waals surface area contributed by atoms with Gasteiger partial charge in [0.1, 0.15) is 0 Å². The van der Waals surface area contributed by atoms with Crippen LogP contribution in [0.2, 0.25) is 0 Å². The van der Waals surface area contributed by atoms with Gasteiger partial charge >= 0.3 is 18.2 Å². The highest BCUT2D eigenvalue weighted by Crippen LogP contribution is 2.38. The lowest BCUT2D eigenvalue weighted by Gasteiger charge is -2.35. The van der Waals surface area contributed by atoms with Crippen molar-refractivity contribution >= 4 is 27.5 Å². The Bertz CT molecular complexity index is 1340. The molecule has 0 fully saturated rings. The minimum absolute atomic E-state index is 0.00415. The van der Waals surface area contributed by atoms with E-state index < -0.39 is 45.2 Å². The molecule has 1 aliphatic heterocycles. The summed E-state index contributed by atoms with van der Waals surface area (Å²) in [5.41, 5.74) is -1.98. The number of nitrogens with zero attached hydrogens (tertiary/aromatic N) is 2. The second-order valence-corrected chi connectivity index (χ2v) is 9.19. The number of hydrogen-bond donors (Lipinski definition) is 2. The van der Waals surface area contributed by atoms with Crippen LogP contribution in [0.5, 0.6) is 0 Å². The summed E-state index contributed by atoms with van der Waals surface area (Å²) in [5, 5.41) is 21.3. The van der Waals surface area contributed by atoms with E-state index in [1.807, 2.05) is 0 Å². The number of allylic oxidation sites excluding steroid dienone is 1. The predicted molar refractivity (Wildman–Crippen MR) is 110 cm³/mol. The number of carboxylic acids is 1. The topological polar surface area (TPSA) is 128 Å². The van der Waals surface area contributed by atoms with Crippen molar-refractivity contribution in [2.24, 2.45) is 0 Å². The Morgan fingerprint density at radius 3 is 2.42 bits per heavy atom. The van der Waals surface area contributed by atoms with E-state index in [0.717, 1.165) is 29.4 Å². The molecule has 1 atom stereocenters. The third-order valence-electron chi connectivity index (χ3n) is 5.00. The molecule has 0 saturated carbocycles. The Hall–Kier alpha value is -3.85. The molecular weight excluding hydrogens is 463 g/mol. The van der Waals surface area contributed by atoms with E-state index in [-0.39, 0.29) is 27.4 Å². The second-order valence-electron chi connectivity index (χ2n) is 7.21. The van der Waals surface area contributed by atoms with Gasteiger partial charge in [-0.15, -0.1) is 0 Å². The van der Waals surface area contributed by atoms with Crippen molar-refractivity contribution in [1.29, 1.82) is 5.26 Å². The van der Waals surface area contributed by atoms with Crippen LogP contribution in [0.3, 0.4) is 0 Å². The van der Waals surface area contributed by atoms with Gasteiger partial charge < -0.3 is 10.4 Å². The second kappa shape index (κ2) is 8.25. The highest BCUT2D eigenvalue weighted by Gasteiger charge is 2.39. The first-order valence-corrected chi connectivity index (χ1v) is 11.1. The number of anilines is 1. The van der Waals surface area contributed by atoms with Crippen LogP contribution in [-0.4, -0.2) is 31.8 Å². The van der Waals surface area contributed by atoms with E-state index in [1.165, 1.54) is 25.1 Å². The molecule has 1 heterocycles. The number of nitrogens with one attached hydrogen (secondary N) is 1. The lowest BCUT2D eigenvalue weighted by molar-refractivity contribution is -0.137. The Kier molecular flexibility index (Phi) is 5.95. The van der Waals surface area contributed by atoms with E-state index in [0.29, 0.717) is 6.07 Å². The Morgan fingerprint density at radius 1 is 1.21 bits per heavy atom. The zero-order valence-electron chi connectivity index (χ0n) is 17.1. The minimum Gasteiger partial charge on any atom is -0.478 e. The zero-order chi connectivity index (χ0) is 24.7. The first-order valence-electron chi connectivity index (χ1n) is 9.21. The molecule has 0 aromatic heterocycles. The van der Waals surface area contributed by atoms with E-state index >= 15 is 0 Å². The summed E-state index contributed by atoms with van der Waals surface area (Å²) >= 11 is 0. The summed E-state index contributed by atoms with van der Waals surface area (Å²) in [5.74, 6) is -1.52. The number of carbonyl (C=O) groups excluding carboxylic acids is 1. The number of sulfone groups is 1. The van der Waals surface area contributed by atoms with Crippen LogP contribution in [0, 0.1) is 11.3 Å².